The summed E-state index contributed by atoms with van der Waals surface area (Å²) in [6, 6.07) is 6.13. The molecule has 1 fully saturated rings. The largest absolute Gasteiger partial charge is 0.314 e. The smallest absolute Gasteiger partial charge is 0.0541 e. The van der Waals surface area contributed by atoms with Crippen molar-refractivity contribution in [3.05, 3.63) is 45.9 Å². The lowest BCUT2D eigenvalue weighted by Gasteiger charge is -2.34. The first-order valence-electron chi connectivity index (χ1n) is 5.74. The molecule has 0 radical (unpaired) electrons. The molecule has 0 amide bonds. The summed E-state index contributed by atoms with van der Waals surface area (Å²) in [7, 11) is 0. The van der Waals surface area contributed by atoms with E-state index in [-0.39, 0.29) is 30.9 Å². The van der Waals surface area contributed by atoms with Crippen molar-refractivity contribution in [2.24, 2.45) is 0 Å². The molecule has 2 nitrogen and oxygen atoms in total. The molecule has 108 valence electrons. The minimum Gasteiger partial charge on any atom is -0.314 e. The van der Waals surface area contributed by atoms with Crippen molar-refractivity contribution in [3.8, 4) is 0 Å². The minimum absolute atomic E-state index is 0. The molecular formula is C13H18BrCl3N2. The predicted octanol–water partition coefficient (Wildman–Crippen LogP) is 4.08. The van der Waals surface area contributed by atoms with Crippen LogP contribution in [0.15, 0.2) is 35.3 Å². The Morgan fingerprint density at radius 3 is 2.53 bits per heavy atom. The van der Waals surface area contributed by atoms with Gasteiger partial charge in [-0.05, 0) is 23.8 Å². The van der Waals surface area contributed by atoms with Gasteiger partial charge in [0.1, 0.15) is 0 Å². The summed E-state index contributed by atoms with van der Waals surface area (Å²) in [4.78, 5) is 2.42. The molecule has 0 spiro atoms. The second kappa shape index (κ2) is 9.22. The lowest BCUT2D eigenvalue weighted by atomic mass is 10.0. The quantitative estimate of drug-likeness (QED) is 0.785. The highest BCUT2D eigenvalue weighted by Gasteiger charge is 2.21. The third-order valence-electron chi connectivity index (χ3n) is 3.04. The van der Waals surface area contributed by atoms with Gasteiger partial charge in [0.25, 0.3) is 0 Å². The van der Waals surface area contributed by atoms with Gasteiger partial charge >= 0.3 is 0 Å². The van der Waals surface area contributed by atoms with Crippen molar-refractivity contribution in [2.75, 3.05) is 26.2 Å². The molecule has 0 aliphatic carbocycles. The fraction of sp³-hybridized carbons (Fsp3) is 0.385. The Kier molecular flexibility index (Phi) is 9.33. The Morgan fingerprint density at radius 1 is 1.32 bits per heavy atom. The molecular weight excluding hydrogens is 370 g/mol. The highest BCUT2D eigenvalue weighted by atomic mass is 79.9. The average molecular weight is 389 g/mol. The Hall–Kier alpha value is 0.230. The van der Waals surface area contributed by atoms with E-state index in [0.717, 1.165) is 35.7 Å². The maximum absolute atomic E-state index is 6.07. The summed E-state index contributed by atoms with van der Waals surface area (Å²) in [5.74, 6) is 0. The number of hydrogen-bond acceptors (Lipinski definition) is 2. The van der Waals surface area contributed by atoms with E-state index in [1.165, 1.54) is 5.56 Å². The van der Waals surface area contributed by atoms with E-state index in [1.54, 1.807) is 0 Å². The summed E-state index contributed by atoms with van der Waals surface area (Å²) >= 11 is 9.66. The second-order valence-corrected chi connectivity index (χ2v) is 5.42. The van der Waals surface area contributed by atoms with Gasteiger partial charge in [-0.1, -0.05) is 33.6 Å². The molecule has 2 rings (SSSR count). The van der Waals surface area contributed by atoms with Crippen LogP contribution < -0.4 is 5.32 Å². The molecule has 0 saturated carbocycles. The summed E-state index contributed by atoms with van der Waals surface area (Å²) in [5, 5.41) is 4.13. The van der Waals surface area contributed by atoms with Crippen molar-refractivity contribution in [2.45, 2.75) is 6.04 Å². The van der Waals surface area contributed by atoms with Crippen LogP contribution in [0.5, 0.6) is 0 Å². The standard InChI is InChI=1S/C13H16BrClN2.2ClH/c1-2-13(17-7-5-16-6-8-17)11-9-10(15)3-4-12(11)14;;/h2-4,9,13,16H,1,5-8H2;2*1H/t13-;;/m0../s1. The molecule has 1 aromatic rings. The Balaban J connectivity index is 0.00000162. The minimum atomic E-state index is 0. The van der Waals surface area contributed by atoms with Gasteiger partial charge in [0.15, 0.2) is 0 Å². The fourth-order valence-electron chi connectivity index (χ4n) is 2.17. The third-order valence-corrected chi connectivity index (χ3v) is 4.00. The summed E-state index contributed by atoms with van der Waals surface area (Å²) < 4.78 is 1.09. The van der Waals surface area contributed by atoms with E-state index in [1.807, 2.05) is 24.3 Å². The highest BCUT2D eigenvalue weighted by Crippen LogP contribution is 2.31. The number of nitrogens with zero attached hydrogens (tertiary/aromatic N) is 1. The molecule has 0 aromatic heterocycles. The lowest BCUT2D eigenvalue weighted by Crippen LogP contribution is -2.44. The van der Waals surface area contributed by atoms with Gasteiger partial charge in [0, 0.05) is 35.7 Å². The highest BCUT2D eigenvalue weighted by molar-refractivity contribution is 9.10. The van der Waals surface area contributed by atoms with E-state index in [0.29, 0.717) is 0 Å². The van der Waals surface area contributed by atoms with Crippen LogP contribution >= 0.6 is 52.3 Å². The molecule has 6 heteroatoms. The zero-order valence-electron chi connectivity index (χ0n) is 10.4. The van der Waals surface area contributed by atoms with Gasteiger partial charge in [0.2, 0.25) is 0 Å². The molecule has 1 aliphatic rings. The van der Waals surface area contributed by atoms with Crippen molar-refractivity contribution < 1.29 is 0 Å². The second-order valence-electron chi connectivity index (χ2n) is 4.13. The third kappa shape index (κ3) is 4.92. The molecule has 1 heterocycles. The maximum Gasteiger partial charge on any atom is 0.0541 e. The van der Waals surface area contributed by atoms with E-state index in [4.69, 9.17) is 11.6 Å². The van der Waals surface area contributed by atoms with Gasteiger partial charge in [-0.2, -0.15) is 0 Å². The number of piperazine rings is 1. The number of benzene rings is 1. The van der Waals surface area contributed by atoms with E-state index in [9.17, 15) is 0 Å². The molecule has 0 bridgehead atoms. The van der Waals surface area contributed by atoms with Crippen molar-refractivity contribution in [1.82, 2.24) is 10.2 Å². The number of nitrogens with one attached hydrogen (secondary N) is 1. The van der Waals surface area contributed by atoms with Gasteiger partial charge in [0.05, 0.1) is 6.04 Å². The van der Waals surface area contributed by atoms with Crippen LogP contribution in [0.4, 0.5) is 0 Å². The molecule has 0 unspecified atom stereocenters. The zero-order chi connectivity index (χ0) is 12.3. The Bertz CT molecular complexity index is 409. The average Bonchev–Trinajstić information content (AvgIpc) is 2.36. The summed E-state index contributed by atoms with van der Waals surface area (Å²) in [5.41, 5.74) is 1.19. The maximum atomic E-state index is 6.07. The van der Waals surface area contributed by atoms with Gasteiger partial charge < -0.3 is 5.32 Å². The van der Waals surface area contributed by atoms with E-state index >= 15 is 0 Å². The SMILES string of the molecule is C=C[C@@H](c1cc(Cl)ccc1Br)N1CCNCC1.Cl.Cl. The first-order valence-corrected chi connectivity index (χ1v) is 6.91. The number of rotatable bonds is 3. The topological polar surface area (TPSA) is 15.3 Å². The van der Waals surface area contributed by atoms with Gasteiger partial charge in [-0.15, -0.1) is 31.4 Å². The molecule has 1 atom stereocenters. The van der Waals surface area contributed by atoms with E-state index in [2.05, 4.69) is 32.7 Å². The number of halogens is 4. The Morgan fingerprint density at radius 2 is 1.95 bits per heavy atom. The van der Waals surface area contributed by atoms with Crippen molar-refractivity contribution in [3.63, 3.8) is 0 Å². The van der Waals surface area contributed by atoms with Gasteiger partial charge in [-0.3, -0.25) is 4.90 Å². The molecule has 1 aliphatic heterocycles. The van der Waals surface area contributed by atoms with E-state index < -0.39 is 0 Å². The van der Waals surface area contributed by atoms with Crippen LogP contribution in [0.25, 0.3) is 0 Å². The van der Waals surface area contributed by atoms with Crippen LogP contribution in [-0.4, -0.2) is 31.1 Å². The van der Waals surface area contributed by atoms with Crippen molar-refractivity contribution in [1.29, 1.82) is 0 Å². The van der Waals surface area contributed by atoms with Crippen LogP contribution in [0, 0.1) is 0 Å². The first-order chi connectivity index (χ1) is 8.22. The lowest BCUT2D eigenvalue weighted by molar-refractivity contribution is 0.203. The monoisotopic (exact) mass is 386 g/mol. The summed E-state index contributed by atoms with van der Waals surface area (Å²) in [6.07, 6.45) is 1.99. The van der Waals surface area contributed by atoms with Crippen LogP contribution in [-0.2, 0) is 0 Å². The van der Waals surface area contributed by atoms with Crippen LogP contribution in [0.2, 0.25) is 5.02 Å². The van der Waals surface area contributed by atoms with Gasteiger partial charge in [-0.25, -0.2) is 0 Å². The first kappa shape index (κ1) is 19.2. The normalized spacial score (nSPS) is 16.9. The molecule has 1 saturated heterocycles. The Labute approximate surface area is 140 Å². The molecule has 1 N–H and O–H groups in total. The molecule has 19 heavy (non-hydrogen) atoms. The molecule has 1 aromatic carbocycles. The van der Waals surface area contributed by atoms with Crippen LogP contribution in [0.1, 0.15) is 11.6 Å². The fourth-order valence-corrected chi connectivity index (χ4v) is 2.84. The summed E-state index contributed by atoms with van der Waals surface area (Å²) in [6.45, 7) is 8.09. The van der Waals surface area contributed by atoms with Crippen molar-refractivity contribution >= 4 is 52.3 Å². The predicted molar refractivity (Wildman–Crippen MR) is 91.0 cm³/mol. The number of hydrogen-bond donors (Lipinski definition) is 1. The zero-order valence-corrected chi connectivity index (χ0v) is 14.4. The van der Waals surface area contributed by atoms with Crippen LogP contribution in [0.3, 0.4) is 0 Å².